The zero-order valence-corrected chi connectivity index (χ0v) is 11.5. The molecule has 3 aliphatic carbocycles. The molecule has 0 radical (unpaired) electrons. The van der Waals surface area contributed by atoms with E-state index >= 15 is 0 Å². The number of hydrogen-bond acceptors (Lipinski definition) is 2. The van der Waals surface area contributed by atoms with Gasteiger partial charge in [-0.05, 0) is 56.8 Å². The van der Waals surface area contributed by atoms with Gasteiger partial charge in [-0.15, -0.1) is 0 Å². The van der Waals surface area contributed by atoms with Crippen LogP contribution in [0, 0.1) is 22.7 Å². The van der Waals surface area contributed by atoms with E-state index in [1.54, 1.807) is 0 Å². The second-order valence-corrected chi connectivity index (χ2v) is 6.92. The third-order valence-corrected chi connectivity index (χ3v) is 5.84. The SMILES string of the molecule is N#CC1CCCC1NC1CCC2(CCCC2)CC1. The summed E-state index contributed by atoms with van der Waals surface area (Å²) in [6.07, 6.45) is 15.1. The van der Waals surface area contributed by atoms with Gasteiger partial charge in [0.05, 0.1) is 12.0 Å². The molecule has 2 unspecified atom stereocenters. The predicted octanol–water partition coefficient (Wildman–Crippen LogP) is 3.77. The second-order valence-electron chi connectivity index (χ2n) is 6.92. The summed E-state index contributed by atoms with van der Waals surface area (Å²) in [6, 6.07) is 3.69. The lowest BCUT2D eigenvalue weighted by molar-refractivity contribution is 0.160. The summed E-state index contributed by atoms with van der Waals surface area (Å²) in [5.41, 5.74) is 0.739. The fraction of sp³-hybridized carbons (Fsp3) is 0.938. The third kappa shape index (κ3) is 2.43. The molecule has 0 saturated heterocycles. The highest BCUT2D eigenvalue weighted by atomic mass is 15.0. The van der Waals surface area contributed by atoms with Crippen molar-refractivity contribution in [3.8, 4) is 6.07 Å². The Bertz CT molecular complexity index is 314. The first-order valence-corrected chi connectivity index (χ1v) is 7.97. The smallest absolute Gasteiger partial charge is 0.0672 e. The fourth-order valence-electron chi connectivity index (χ4n) is 4.64. The Morgan fingerprint density at radius 3 is 2.28 bits per heavy atom. The Morgan fingerprint density at radius 2 is 1.61 bits per heavy atom. The van der Waals surface area contributed by atoms with Crippen molar-refractivity contribution in [2.75, 3.05) is 0 Å². The van der Waals surface area contributed by atoms with Gasteiger partial charge in [-0.25, -0.2) is 0 Å². The highest BCUT2D eigenvalue weighted by molar-refractivity contribution is 4.99. The number of nitrogens with zero attached hydrogens (tertiary/aromatic N) is 1. The van der Waals surface area contributed by atoms with E-state index in [-0.39, 0.29) is 5.92 Å². The van der Waals surface area contributed by atoms with E-state index in [2.05, 4.69) is 11.4 Å². The first-order chi connectivity index (χ1) is 8.81. The van der Waals surface area contributed by atoms with Crippen molar-refractivity contribution in [2.45, 2.75) is 82.7 Å². The molecule has 0 bridgehead atoms. The zero-order chi connectivity index (χ0) is 12.4. The quantitative estimate of drug-likeness (QED) is 0.805. The van der Waals surface area contributed by atoms with Crippen molar-refractivity contribution in [3.63, 3.8) is 0 Å². The molecule has 0 heterocycles. The van der Waals surface area contributed by atoms with Crippen molar-refractivity contribution in [2.24, 2.45) is 11.3 Å². The van der Waals surface area contributed by atoms with E-state index in [1.807, 2.05) is 0 Å². The highest BCUT2D eigenvalue weighted by Crippen LogP contribution is 2.49. The van der Waals surface area contributed by atoms with Crippen molar-refractivity contribution >= 4 is 0 Å². The molecule has 1 N–H and O–H groups in total. The van der Waals surface area contributed by atoms with Gasteiger partial charge in [0.2, 0.25) is 0 Å². The number of rotatable bonds is 2. The third-order valence-electron chi connectivity index (χ3n) is 5.84. The lowest BCUT2D eigenvalue weighted by Crippen LogP contribution is -2.43. The Kier molecular flexibility index (Phi) is 3.61. The van der Waals surface area contributed by atoms with Gasteiger partial charge >= 0.3 is 0 Å². The lowest BCUT2D eigenvalue weighted by Gasteiger charge is -2.38. The molecule has 18 heavy (non-hydrogen) atoms. The average Bonchev–Trinajstić information content (AvgIpc) is 3.02. The van der Waals surface area contributed by atoms with Crippen LogP contribution in [0.25, 0.3) is 0 Å². The van der Waals surface area contributed by atoms with E-state index in [4.69, 9.17) is 5.26 Å². The molecule has 1 spiro atoms. The number of nitriles is 1. The molecule has 0 aromatic carbocycles. The van der Waals surface area contributed by atoms with Crippen LogP contribution in [-0.4, -0.2) is 12.1 Å². The summed E-state index contributed by atoms with van der Waals surface area (Å²) < 4.78 is 0. The minimum absolute atomic E-state index is 0.285. The van der Waals surface area contributed by atoms with Crippen LogP contribution in [0.3, 0.4) is 0 Å². The van der Waals surface area contributed by atoms with Crippen LogP contribution in [0.5, 0.6) is 0 Å². The zero-order valence-electron chi connectivity index (χ0n) is 11.5. The molecule has 100 valence electrons. The molecule has 0 aromatic rings. The van der Waals surface area contributed by atoms with Crippen molar-refractivity contribution in [1.29, 1.82) is 5.26 Å². The van der Waals surface area contributed by atoms with Gasteiger partial charge in [-0.1, -0.05) is 19.3 Å². The van der Waals surface area contributed by atoms with Gasteiger partial charge in [0.25, 0.3) is 0 Å². The molecule has 3 aliphatic rings. The standard InChI is InChI=1S/C16H26N2/c17-12-13-4-3-5-15(13)18-14-6-10-16(11-7-14)8-1-2-9-16/h13-15,18H,1-11H2. The van der Waals surface area contributed by atoms with Gasteiger partial charge in [0, 0.05) is 12.1 Å². The van der Waals surface area contributed by atoms with Gasteiger partial charge in [0.15, 0.2) is 0 Å². The molecule has 3 fully saturated rings. The predicted molar refractivity (Wildman–Crippen MR) is 73.0 cm³/mol. The molecule has 2 heteroatoms. The van der Waals surface area contributed by atoms with Crippen LogP contribution in [0.1, 0.15) is 70.6 Å². The summed E-state index contributed by atoms with van der Waals surface area (Å²) in [5.74, 6) is 0.285. The Balaban J connectivity index is 1.49. The Hall–Kier alpha value is -0.550. The second kappa shape index (κ2) is 5.21. The minimum atomic E-state index is 0.285. The van der Waals surface area contributed by atoms with E-state index < -0.39 is 0 Å². The highest BCUT2D eigenvalue weighted by Gasteiger charge is 2.38. The van der Waals surface area contributed by atoms with Crippen LogP contribution >= 0.6 is 0 Å². The van der Waals surface area contributed by atoms with Gasteiger partial charge in [-0.2, -0.15) is 5.26 Å². The summed E-state index contributed by atoms with van der Waals surface area (Å²) in [5, 5.41) is 12.9. The molecule has 2 atom stereocenters. The van der Waals surface area contributed by atoms with Crippen LogP contribution in [-0.2, 0) is 0 Å². The summed E-state index contributed by atoms with van der Waals surface area (Å²) in [6.45, 7) is 0. The van der Waals surface area contributed by atoms with Crippen molar-refractivity contribution in [1.82, 2.24) is 5.32 Å². The maximum atomic E-state index is 9.14. The molecule has 3 saturated carbocycles. The molecule has 0 aliphatic heterocycles. The number of hydrogen-bond donors (Lipinski definition) is 1. The van der Waals surface area contributed by atoms with E-state index in [0.717, 1.165) is 11.8 Å². The van der Waals surface area contributed by atoms with E-state index in [9.17, 15) is 0 Å². The Labute approximate surface area is 111 Å². The molecule has 0 amide bonds. The molecule has 0 aromatic heterocycles. The first kappa shape index (κ1) is 12.5. The molecular weight excluding hydrogens is 220 g/mol. The minimum Gasteiger partial charge on any atom is -0.310 e. The maximum Gasteiger partial charge on any atom is 0.0672 e. The van der Waals surface area contributed by atoms with Crippen LogP contribution in [0.4, 0.5) is 0 Å². The summed E-state index contributed by atoms with van der Waals surface area (Å²) >= 11 is 0. The maximum absolute atomic E-state index is 9.14. The van der Waals surface area contributed by atoms with E-state index in [1.165, 1.54) is 64.2 Å². The van der Waals surface area contributed by atoms with E-state index in [0.29, 0.717) is 12.1 Å². The van der Waals surface area contributed by atoms with Crippen molar-refractivity contribution in [3.05, 3.63) is 0 Å². The first-order valence-electron chi connectivity index (χ1n) is 7.97. The Morgan fingerprint density at radius 1 is 0.889 bits per heavy atom. The summed E-state index contributed by atoms with van der Waals surface area (Å²) in [7, 11) is 0. The van der Waals surface area contributed by atoms with Gasteiger partial charge in [-0.3, -0.25) is 0 Å². The lowest BCUT2D eigenvalue weighted by atomic mass is 9.71. The molecule has 2 nitrogen and oxygen atoms in total. The normalized spacial score (nSPS) is 35.9. The average molecular weight is 246 g/mol. The monoisotopic (exact) mass is 246 g/mol. The van der Waals surface area contributed by atoms with Gasteiger partial charge in [0.1, 0.15) is 0 Å². The van der Waals surface area contributed by atoms with Crippen LogP contribution in [0.2, 0.25) is 0 Å². The largest absolute Gasteiger partial charge is 0.310 e. The van der Waals surface area contributed by atoms with Crippen molar-refractivity contribution < 1.29 is 0 Å². The molecular formula is C16H26N2. The van der Waals surface area contributed by atoms with Crippen LogP contribution < -0.4 is 5.32 Å². The van der Waals surface area contributed by atoms with Crippen LogP contribution in [0.15, 0.2) is 0 Å². The number of nitrogens with one attached hydrogen (secondary N) is 1. The topological polar surface area (TPSA) is 35.8 Å². The fourth-order valence-corrected chi connectivity index (χ4v) is 4.64. The molecule has 3 rings (SSSR count). The van der Waals surface area contributed by atoms with Gasteiger partial charge < -0.3 is 5.32 Å². The summed E-state index contributed by atoms with van der Waals surface area (Å²) in [4.78, 5) is 0.